The van der Waals surface area contributed by atoms with Crippen LogP contribution in [0.15, 0.2) is 30.3 Å². The zero-order valence-electron chi connectivity index (χ0n) is 14.9. The maximum absolute atomic E-state index is 12.1. The summed E-state index contributed by atoms with van der Waals surface area (Å²) in [6, 6.07) is 9.84. The second-order valence-corrected chi connectivity index (χ2v) is 12.3. The van der Waals surface area contributed by atoms with E-state index >= 15 is 0 Å². The molecule has 0 saturated carbocycles. The largest absolute Gasteiger partial charge is 0.624 e. The molecule has 1 unspecified atom stereocenters. The zero-order valence-corrected chi connectivity index (χ0v) is 15.9. The van der Waals surface area contributed by atoms with Gasteiger partial charge in [0.15, 0.2) is 21.1 Å². The lowest BCUT2D eigenvalue weighted by Crippen LogP contribution is -2.42. The molecular formula is C18H31NO2Si. The fourth-order valence-electron chi connectivity index (χ4n) is 1.85. The number of benzene rings is 1. The second kappa shape index (κ2) is 7.93. The van der Waals surface area contributed by atoms with Gasteiger partial charge in [-0.3, -0.25) is 0 Å². The molecule has 0 aliphatic heterocycles. The summed E-state index contributed by atoms with van der Waals surface area (Å²) in [5.74, 6) is 0.176. The molecule has 0 heterocycles. The van der Waals surface area contributed by atoms with Crippen molar-refractivity contribution < 1.29 is 9.16 Å². The van der Waals surface area contributed by atoms with Gasteiger partial charge in [-0.05, 0) is 24.6 Å². The first-order valence-electron chi connectivity index (χ1n) is 8.12. The fourth-order valence-corrected chi connectivity index (χ4v) is 2.91. The summed E-state index contributed by atoms with van der Waals surface area (Å²) < 4.78 is 7.28. The quantitative estimate of drug-likeness (QED) is 0.237. The molecule has 0 fully saturated rings. The first kappa shape index (κ1) is 18.9. The summed E-state index contributed by atoms with van der Waals surface area (Å²) >= 11 is 0. The maximum atomic E-state index is 12.1. The Balaban J connectivity index is 2.62. The first-order chi connectivity index (χ1) is 10.2. The molecule has 0 aliphatic carbocycles. The van der Waals surface area contributed by atoms with Gasteiger partial charge in [-0.25, -0.2) is 4.74 Å². The predicted molar refractivity (Wildman–Crippen MR) is 96.8 cm³/mol. The van der Waals surface area contributed by atoms with Crippen molar-refractivity contribution in [1.82, 2.24) is 0 Å². The van der Waals surface area contributed by atoms with Crippen molar-refractivity contribution in [1.29, 1.82) is 0 Å². The molecule has 0 N–H and O–H groups in total. The lowest BCUT2D eigenvalue weighted by molar-refractivity contribution is -0.472. The van der Waals surface area contributed by atoms with E-state index in [0.29, 0.717) is 13.2 Å². The Bertz CT molecular complexity index is 478. The minimum absolute atomic E-state index is 0.176. The van der Waals surface area contributed by atoms with Gasteiger partial charge in [-0.2, -0.15) is 0 Å². The molecule has 3 nitrogen and oxygen atoms in total. The minimum Gasteiger partial charge on any atom is -0.624 e. The Labute approximate surface area is 136 Å². The lowest BCUT2D eigenvalue weighted by Gasteiger charge is -2.36. The maximum Gasteiger partial charge on any atom is 0.192 e. The van der Waals surface area contributed by atoms with Gasteiger partial charge in [0.05, 0.1) is 5.92 Å². The van der Waals surface area contributed by atoms with E-state index in [0.717, 1.165) is 16.7 Å². The van der Waals surface area contributed by atoms with Crippen molar-refractivity contribution in [2.24, 2.45) is 5.92 Å². The summed E-state index contributed by atoms with van der Waals surface area (Å²) in [7, 11) is -1.75. The van der Waals surface area contributed by atoms with Crippen LogP contribution in [0.2, 0.25) is 18.1 Å². The molecule has 0 aromatic heterocycles. The van der Waals surface area contributed by atoms with Gasteiger partial charge in [-0.15, -0.1) is 0 Å². The molecule has 4 heteroatoms. The lowest BCUT2D eigenvalue weighted by atomic mass is 10.1. The van der Waals surface area contributed by atoms with E-state index in [4.69, 9.17) is 4.43 Å². The summed E-state index contributed by atoms with van der Waals surface area (Å²) in [5, 5.41) is 12.3. The van der Waals surface area contributed by atoms with Gasteiger partial charge >= 0.3 is 0 Å². The molecule has 1 atom stereocenters. The number of hydroxylamine groups is 1. The van der Waals surface area contributed by atoms with Crippen LogP contribution in [0, 0.1) is 11.1 Å². The zero-order chi connectivity index (χ0) is 16.8. The molecule has 1 rings (SSSR count). The highest BCUT2D eigenvalue weighted by atomic mass is 28.4. The van der Waals surface area contributed by atoms with E-state index in [1.165, 1.54) is 0 Å². The van der Waals surface area contributed by atoms with Gasteiger partial charge in [0, 0.05) is 12.2 Å². The van der Waals surface area contributed by atoms with Crippen LogP contribution in [0.5, 0.6) is 0 Å². The van der Waals surface area contributed by atoms with Crippen LogP contribution in [-0.2, 0) is 11.0 Å². The van der Waals surface area contributed by atoms with E-state index in [-0.39, 0.29) is 11.0 Å². The molecule has 0 aliphatic rings. The van der Waals surface area contributed by atoms with Gasteiger partial charge < -0.3 is 9.63 Å². The molecule has 0 amide bonds. The van der Waals surface area contributed by atoms with Crippen molar-refractivity contribution in [3.8, 4) is 0 Å². The van der Waals surface area contributed by atoms with Crippen LogP contribution in [0.3, 0.4) is 0 Å². The molecule has 0 bridgehead atoms. The summed E-state index contributed by atoms with van der Waals surface area (Å²) in [5.41, 5.74) is 1.04. The monoisotopic (exact) mass is 321 g/mol. The number of hydrogen-bond acceptors (Lipinski definition) is 2. The predicted octanol–water partition coefficient (Wildman–Crippen LogP) is 4.82. The number of hydrogen-bond donors (Lipinski definition) is 0. The van der Waals surface area contributed by atoms with Crippen molar-refractivity contribution in [3.05, 3.63) is 41.1 Å². The van der Waals surface area contributed by atoms with Gasteiger partial charge in [0.1, 0.15) is 0 Å². The Morgan fingerprint density at radius 1 is 1.23 bits per heavy atom. The molecule has 1 aromatic carbocycles. The van der Waals surface area contributed by atoms with Crippen molar-refractivity contribution >= 4 is 14.5 Å². The van der Waals surface area contributed by atoms with E-state index in [1.807, 2.05) is 30.3 Å². The van der Waals surface area contributed by atoms with E-state index in [9.17, 15) is 5.21 Å². The SMILES string of the molecule is CCC(/C=[N+](\[O-])Cc1ccccc1)CO[Si](C)(C)C(C)(C)C. The van der Waals surface area contributed by atoms with Gasteiger partial charge in [-0.1, -0.05) is 58.0 Å². The summed E-state index contributed by atoms with van der Waals surface area (Å²) in [6.45, 7) is 14.3. The average Bonchev–Trinajstić information content (AvgIpc) is 2.43. The minimum atomic E-state index is -1.75. The molecule has 0 saturated heterocycles. The molecular weight excluding hydrogens is 290 g/mol. The summed E-state index contributed by atoms with van der Waals surface area (Å²) in [4.78, 5) is 0. The van der Waals surface area contributed by atoms with Crippen LogP contribution in [0.1, 0.15) is 39.7 Å². The highest BCUT2D eigenvalue weighted by Crippen LogP contribution is 2.36. The third kappa shape index (κ3) is 5.93. The molecule has 124 valence electrons. The Hall–Kier alpha value is -1.13. The third-order valence-electron chi connectivity index (χ3n) is 4.55. The van der Waals surface area contributed by atoms with E-state index in [2.05, 4.69) is 40.8 Å². The standard InChI is InChI=1S/C18H31NO2Si/c1-7-16(15-21-22(5,6)18(2,3)4)13-19(20)14-17-11-9-8-10-12-17/h8-13,16H,7,14-15H2,1-6H3/b19-13-. The second-order valence-electron chi connectivity index (χ2n) is 7.45. The normalized spacial score (nSPS) is 14.9. The highest BCUT2D eigenvalue weighted by molar-refractivity contribution is 6.74. The fraction of sp³-hybridized carbons (Fsp3) is 0.611. The van der Waals surface area contributed by atoms with Crippen LogP contribution in [0.4, 0.5) is 0 Å². The van der Waals surface area contributed by atoms with Crippen LogP contribution in [0.25, 0.3) is 0 Å². The summed E-state index contributed by atoms with van der Waals surface area (Å²) in [6.07, 6.45) is 2.70. The van der Waals surface area contributed by atoms with Crippen molar-refractivity contribution in [2.45, 2.75) is 58.8 Å². The first-order valence-corrected chi connectivity index (χ1v) is 11.0. The molecule has 22 heavy (non-hydrogen) atoms. The Morgan fingerprint density at radius 3 is 2.32 bits per heavy atom. The molecule has 0 radical (unpaired) electrons. The van der Waals surface area contributed by atoms with Crippen LogP contribution < -0.4 is 0 Å². The average molecular weight is 322 g/mol. The van der Waals surface area contributed by atoms with Crippen LogP contribution in [-0.4, -0.2) is 25.9 Å². The third-order valence-corrected chi connectivity index (χ3v) is 9.05. The van der Waals surface area contributed by atoms with Crippen molar-refractivity contribution in [2.75, 3.05) is 6.61 Å². The molecule has 1 aromatic rings. The number of nitrogens with zero attached hydrogens (tertiary/aromatic N) is 1. The van der Waals surface area contributed by atoms with Gasteiger partial charge in [0.2, 0.25) is 0 Å². The van der Waals surface area contributed by atoms with E-state index < -0.39 is 8.32 Å². The Morgan fingerprint density at radius 2 is 1.82 bits per heavy atom. The van der Waals surface area contributed by atoms with Crippen molar-refractivity contribution in [3.63, 3.8) is 0 Å². The molecule has 0 spiro atoms. The number of rotatable bonds is 7. The smallest absolute Gasteiger partial charge is 0.192 e. The topological polar surface area (TPSA) is 35.3 Å². The van der Waals surface area contributed by atoms with Gasteiger partial charge in [0.25, 0.3) is 0 Å². The van der Waals surface area contributed by atoms with Crippen LogP contribution >= 0.6 is 0 Å². The Kier molecular flexibility index (Phi) is 6.82. The van der Waals surface area contributed by atoms with E-state index in [1.54, 1.807) is 6.21 Å². The highest BCUT2D eigenvalue weighted by Gasteiger charge is 2.37.